The Labute approximate surface area is 138 Å². The molecule has 0 spiro atoms. The molecule has 0 saturated carbocycles. The van der Waals surface area contributed by atoms with Crippen molar-refractivity contribution in [3.63, 3.8) is 0 Å². The van der Waals surface area contributed by atoms with Crippen LogP contribution in [0.2, 0.25) is 0 Å². The number of aryl methyl sites for hydroxylation is 2. The third kappa shape index (κ3) is 2.54. The second-order valence-corrected chi connectivity index (χ2v) is 8.09. The maximum Gasteiger partial charge on any atom is 0.271 e. The summed E-state index contributed by atoms with van der Waals surface area (Å²) in [6, 6.07) is 5.65. The van der Waals surface area contributed by atoms with Crippen molar-refractivity contribution in [3.05, 3.63) is 39.8 Å². The van der Waals surface area contributed by atoms with Gasteiger partial charge in [-0.25, -0.2) is 9.66 Å². The first-order chi connectivity index (χ1) is 10.6. The van der Waals surface area contributed by atoms with Gasteiger partial charge in [-0.3, -0.25) is 9.80 Å². The summed E-state index contributed by atoms with van der Waals surface area (Å²) in [5.74, 6) is 0. The summed E-state index contributed by atoms with van der Waals surface area (Å²) < 4.78 is 1.83. The van der Waals surface area contributed by atoms with Gasteiger partial charge in [0.2, 0.25) is 0 Å². The standard InChI is InChI=1S/C19H27N3O/c1-13-12-14(2)20-17-15(13)8-9-16(23)21(17)22-18(3,4)10-7-11-19(22,5)6/h8-9,12H,7,10-11H2,1-6H3. The molecular weight excluding hydrogens is 286 g/mol. The van der Waals surface area contributed by atoms with E-state index in [-0.39, 0.29) is 16.6 Å². The number of aromatic nitrogens is 2. The van der Waals surface area contributed by atoms with Gasteiger partial charge in [0, 0.05) is 17.1 Å². The molecule has 0 atom stereocenters. The highest BCUT2D eigenvalue weighted by Gasteiger charge is 2.42. The van der Waals surface area contributed by atoms with E-state index in [1.165, 1.54) is 6.42 Å². The molecule has 0 N–H and O–H groups in total. The lowest BCUT2D eigenvalue weighted by atomic mass is 9.81. The van der Waals surface area contributed by atoms with Crippen LogP contribution in [-0.2, 0) is 0 Å². The van der Waals surface area contributed by atoms with E-state index in [0.717, 1.165) is 35.1 Å². The Morgan fingerprint density at radius 2 is 1.65 bits per heavy atom. The summed E-state index contributed by atoms with van der Waals surface area (Å²) in [4.78, 5) is 17.5. The van der Waals surface area contributed by atoms with Crippen LogP contribution in [0.5, 0.6) is 0 Å². The lowest BCUT2D eigenvalue weighted by molar-refractivity contribution is 0.185. The fourth-order valence-corrected chi connectivity index (χ4v) is 4.24. The maximum absolute atomic E-state index is 12.8. The number of fused-ring (bicyclic) bond motifs is 1. The van der Waals surface area contributed by atoms with Gasteiger partial charge in [0.1, 0.15) is 0 Å². The van der Waals surface area contributed by atoms with Gasteiger partial charge in [0.15, 0.2) is 5.65 Å². The normalized spacial score (nSPS) is 20.0. The molecule has 1 fully saturated rings. The molecule has 0 aliphatic carbocycles. The summed E-state index contributed by atoms with van der Waals surface area (Å²) in [6.07, 6.45) is 3.33. The minimum Gasteiger partial charge on any atom is -0.297 e. The molecule has 1 aliphatic rings. The lowest BCUT2D eigenvalue weighted by Crippen LogP contribution is -2.66. The molecule has 23 heavy (non-hydrogen) atoms. The fourth-order valence-electron chi connectivity index (χ4n) is 4.24. The van der Waals surface area contributed by atoms with Crippen LogP contribution in [0, 0.1) is 13.8 Å². The first-order valence-electron chi connectivity index (χ1n) is 8.44. The van der Waals surface area contributed by atoms with E-state index in [1.54, 1.807) is 6.07 Å². The molecule has 1 aliphatic heterocycles. The predicted octanol–water partition coefficient (Wildman–Crippen LogP) is 3.69. The van der Waals surface area contributed by atoms with E-state index < -0.39 is 0 Å². The minimum atomic E-state index is -0.0841. The minimum absolute atomic E-state index is 0.00181. The van der Waals surface area contributed by atoms with Gasteiger partial charge >= 0.3 is 0 Å². The quantitative estimate of drug-likeness (QED) is 0.806. The molecule has 3 rings (SSSR count). The van der Waals surface area contributed by atoms with Crippen molar-refractivity contribution >= 4 is 11.0 Å². The van der Waals surface area contributed by atoms with Crippen LogP contribution < -0.4 is 10.6 Å². The van der Waals surface area contributed by atoms with E-state index >= 15 is 0 Å². The molecule has 0 radical (unpaired) electrons. The zero-order valence-corrected chi connectivity index (χ0v) is 15.1. The van der Waals surface area contributed by atoms with Crippen LogP contribution in [0.1, 0.15) is 58.2 Å². The smallest absolute Gasteiger partial charge is 0.271 e. The largest absolute Gasteiger partial charge is 0.297 e. The first-order valence-corrected chi connectivity index (χ1v) is 8.44. The summed E-state index contributed by atoms with van der Waals surface area (Å²) in [7, 11) is 0. The Morgan fingerprint density at radius 3 is 2.26 bits per heavy atom. The van der Waals surface area contributed by atoms with Crippen LogP contribution in [0.25, 0.3) is 11.0 Å². The molecule has 4 nitrogen and oxygen atoms in total. The highest BCUT2D eigenvalue weighted by molar-refractivity contribution is 5.79. The average Bonchev–Trinajstić information content (AvgIpc) is 2.39. The molecule has 0 unspecified atom stereocenters. The van der Waals surface area contributed by atoms with Gasteiger partial charge in [-0.05, 0) is 78.5 Å². The van der Waals surface area contributed by atoms with Crippen LogP contribution in [0.3, 0.4) is 0 Å². The molecular formula is C19H27N3O. The highest BCUT2D eigenvalue weighted by Crippen LogP contribution is 2.37. The Bertz CT molecular complexity index is 801. The number of nitrogens with zero attached hydrogens (tertiary/aromatic N) is 3. The summed E-state index contributed by atoms with van der Waals surface area (Å²) in [6.45, 7) is 13.0. The van der Waals surface area contributed by atoms with Crippen LogP contribution in [-0.4, -0.2) is 20.7 Å². The van der Waals surface area contributed by atoms with Crippen molar-refractivity contribution in [3.8, 4) is 0 Å². The molecule has 124 valence electrons. The number of hydrogen-bond donors (Lipinski definition) is 0. The van der Waals surface area contributed by atoms with Gasteiger partial charge in [-0.1, -0.05) is 0 Å². The molecule has 2 aromatic heterocycles. The Kier molecular flexibility index (Phi) is 3.54. The second kappa shape index (κ2) is 5.08. The molecule has 3 heterocycles. The molecule has 0 bridgehead atoms. The topological polar surface area (TPSA) is 38.1 Å². The number of hydrogen-bond acceptors (Lipinski definition) is 3. The van der Waals surface area contributed by atoms with Gasteiger partial charge < -0.3 is 0 Å². The van der Waals surface area contributed by atoms with E-state index in [2.05, 4.69) is 45.7 Å². The van der Waals surface area contributed by atoms with Crippen LogP contribution >= 0.6 is 0 Å². The molecule has 1 saturated heterocycles. The van der Waals surface area contributed by atoms with Crippen molar-refractivity contribution in [2.45, 2.75) is 71.9 Å². The summed E-state index contributed by atoms with van der Waals surface area (Å²) >= 11 is 0. The molecule has 4 heteroatoms. The summed E-state index contributed by atoms with van der Waals surface area (Å²) in [5, 5.41) is 3.31. The Morgan fingerprint density at radius 1 is 1.04 bits per heavy atom. The van der Waals surface area contributed by atoms with E-state index in [4.69, 9.17) is 4.98 Å². The van der Waals surface area contributed by atoms with E-state index in [1.807, 2.05) is 17.7 Å². The van der Waals surface area contributed by atoms with Crippen LogP contribution in [0.4, 0.5) is 0 Å². The highest BCUT2D eigenvalue weighted by atomic mass is 16.1. The SMILES string of the molecule is Cc1cc(C)c2ccc(=O)n(N3C(C)(C)CCCC3(C)C)c2n1. The number of rotatable bonds is 1. The van der Waals surface area contributed by atoms with Gasteiger partial charge in [0.25, 0.3) is 5.56 Å². The fraction of sp³-hybridized carbons (Fsp3) is 0.579. The first kappa shape index (κ1) is 16.0. The van der Waals surface area contributed by atoms with Crippen molar-refractivity contribution in [1.29, 1.82) is 0 Å². The van der Waals surface area contributed by atoms with E-state index in [0.29, 0.717) is 0 Å². The summed E-state index contributed by atoms with van der Waals surface area (Å²) in [5.41, 5.74) is 2.71. The van der Waals surface area contributed by atoms with Crippen molar-refractivity contribution in [2.24, 2.45) is 0 Å². The zero-order valence-electron chi connectivity index (χ0n) is 15.1. The number of piperidine rings is 1. The Balaban J connectivity index is 2.38. The van der Waals surface area contributed by atoms with E-state index in [9.17, 15) is 4.79 Å². The lowest BCUT2D eigenvalue weighted by Gasteiger charge is -2.54. The van der Waals surface area contributed by atoms with Crippen LogP contribution in [0.15, 0.2) is 23.0 Å². The Hall–Kier alpha value is -1.84. The third-order valence-electron chi connectivity index (χ3n) is 5.10. The second-order valence-electron chi connectivity index (χ2n) is 8.09. The van der Waals surface area contributed by atoms with Crippen molar-refractivity contribution in [2.75, 3.05) is 5.01 Å². The average molecular weight is 313 g/mol. The molecule has 0 aromatic carbocycles. The maximum atomic E-state index is 12.8. The number of pyridine rings is 2. The van der Waals surface area contributed by atoms with Crippen molar-refractivity contribution < 1.29 is 0 Å². The monoisotopic (exact) mass is 313 g/mol. The predicted molar refractivity (Wildman–Crippen MR) is 95.7 cm³/mol. The van der Waals surface area contributed by atoms with Gasteiger partial charge in [-0.15, -0.1) is 0 Å². The van der Waals surface area contributed by atoms with Gasteiger partial charge in [-0.2, -0.15) is 0 Å². The van der Waals surface area contributed by atoms with Gasteiger partial charge in [0.05, 0.1) is 11.1 Å². The molecule has 0 amide bonds. The third-order valence-corrected chi connectivity index (χ3v) is 5.10. The zero-order chi connectivity index (χ0) is 17.0. The van der Waals surface area contributed by atoms with Crippen molar-refractivity contribution in [1.82, 2.24) is 9.66 Å². The molecule has 2 aromatic rings.